The maximum atomic E-state index is 13.3. The second kappa shape index (κ2) is 3.96. The Labute approximate surface area is 98.8 Å². The first kappa shape index (κ1) is 10.5. The third-order valence-electron chi connectivity index (χ3n) is 3.37. The highest BCUT2D eigenvalue weighted by Crippen LogP contribution is 2.32. The Balaban J connectivity index is 2.35. The smallest absolute Gasteiger partial charge is 0.124 e. The molecule has 0 fully saturated rings. The van der Waals surface area contributed by atoms with Crippen molar-refractivity contribution in [1.29, 1.82) is 0 Å². The Bertz CT molecular complexity index is 580. The molecule has 0 saturated heterocycles. The van der Waals surface area contributed by atoms with E-state index in [4.69, 9.17) is 5.84 Å². The highest BCUT2D eigenvalue weighted by atomic mass is 19.1. The van der Waals surface area contributed by atoms with Crippen molar-refractivity contribution in [2.75, 3.05) is 5.43 Å². The zero-order valence-corrected chi connectivity index (χ0v) is 9.46. The molecule has 0 saturated carbocycles. The number of anilines is 1. The predicted octanol–water partition coefficient (Wildman–Crippen LogP) is 2.54. The Morgan fingerprint density at radius 2 is 2.06 bits per heavy atom. The molecule has 0 atom stereocenters. The Morgan fingerprint density at radius 3 is 2.88 bits per heavy atom. The minimum Gasteiger partial charge on any atom is -0.323 e. The molecule has 0 unspecified atom stereocenters. The summed E-state index contributed by atoms with van der Waals surface area (Å²) in [6.45, 7) is 0. The van der Waals surface area contributed by atoms with E-state index in [0.717, 1.165) is 53.5 Å². The van der Waals surface area contributed by atoms with Crippen molar-refractivity contribution in [3.05, 3.63) is 35.3 Å². The van der Waals surface area contributed by atoms with Gasteiger partial charge in [0.15, 0.2) is 0 Å². The number of halogens is 1. The van der Waals surface area contributed by atoms with Crippen molar-refractivity contribution in [1.82, 2.24) is 4.98 Å². The van der Waals surface area contributed by atoms with E-state index in [0.29, 0.717) is 0 Å². The minimum atomic E-state index is -0.258. The molecule has 1 heterocycles. The van der Waals surface area contributed by atoms with Gasteiger partial charge in [0.25, 0.3) is 0 Å². The molecule has 3 N–H and O–H groups in total. The van der Waals surface area contributed by atoms with Gasteiger partial charge in [-0.05, 0) is 49.4 Å². The third-order valence-corrected chi connectivity index (χ3v) is 3.37. The number of aromatic nitrogens is 1. The zero-order valence-electron chi connectivity index (χ0n) is 9.46. The normalized spacial score (nSPS) is 14.7. The largest absolute Gasteiger partial charge is 0.323 e. The van der Waals surface area contributed by atoms with Crippen LogP contribution >= 0.6 is 0 Å². The number of hydrogen-bond donors (Lipinski definition) is 2. The molecule has 0 amide bonds. The first-order valence-electron chi connectivity index (χ1n) is 5.87. The van der Waals surface area contributed by atoms with E-state index in [1.54, 1.807) is 6.07 Å². The van der Waals surface area contributed by atoms with E-state index < -0.39 is 0 Å². The zero-order chi connectivity index (χ0) is 11.8. The SMILES string of the molecule is NNc1c2c(nc3ccc(F)cc13)CCCC2. The van der Waals surface area contributed by atoms with Crippen LogP contribution in [-0.4, -0.2) is 4.98 Å². The third kappa shape index (κ3) is 1.65. The van der Waals surface area contributed by atoms with Crippen molar-refractivity contribution in [2.45, 2.75) is 25.7 Å². The molecule has 0 radical (unpaired) electrons. The molecule has 3 rings (SSSR count). The number of nitrogen functional groups attached to an aromatic ring is 1. The second-order valence-electron chi connectivity index (χ2n) is 4.42. The number of benzene rings is 1. The van der Waals surface area contributed by atoms with Gasteiger partial charge in [-0.15, -0.1) is 0 Å². The molecule has 0 aliphatic heterocycles. The van der Waals surface area contributed by atoms with Crippen molar-refractivity contribution in [2.24, 2.45) is 5.84 Å². The Morgan fingerprint density at radius 1 is 1.24 bits per heavy atom. The van der Waals surface area contributed by atoms with Crippen LogP contribution in [-0.2, 0) is 12.8 Å². The van der Waals surface area contributed by atoms with E-state index >= 15 is 0 Å². The molecule has 4 heteroatoms. The van der Waals surface area contributed by atoms with Gasteiger partial charge in [-0.1, -0.05) is 0 Å². The summed E-state index contributed by atoms with van der Waals surface area (Å²) in [6.07, 6.45) is 4.26. The van der Waals surface area contributed by atoms with Gasteiger partial charge in [0.1, 0.15) is 5.82 Å². The van der Waals surface area contributed by atoms with E-state index in [2.05, 4.69) is 10.4 Å². The average Bonchev–Trinajstić information content (AvgIpc) is 2.36. The number of nitrogens with zero attached hydrogens (tertiary/aromatic N) is 1. The van der Waals surface area contributed by atoms with Gasteiger partial charge in [-0.3, -0.25) is 10.8 Å². The standard InChI is InChI=1S/C13H14FN3/c14-8-5-6-12-10(7-8)13(17-15)9-3-1-2-4-11(9)16-12/h5-7H,1-4,15H2,(H,16,17). The van der Waals surface area contributed by atoms with Gasteiger partial charge in [0.2, 0.25) is 0 Å². The van der Waals surface area contributed by atoms with Crippen LogP contribution in [0.1, 0.15) is 24.1 Å². The number of rotatable bonds is 1. The molecule has 0 bridgehead atoms. The van der Waals surface area contributed by atoms with E-state index in [9.17, 15) is 4.39 Å². The van der Waals surface area contributed by atoms with Crippen LogP contribution in [0.3, 0.4) is 0 Å². The molecule has 2 aromatic rings. The molecule has 1 aromatic carbocycles. The van der Waals surface area contributed by atoms with Gasteiger partial charge in [-0.2, -0.15) is 0 Å². The number of pyridine rings is 1. The summed E-state index contributed by atoms with van der Waals surface area (Å²) in [5, 5.41) is 0.771. The van der Waals surface area contributed by atoms with E-state index in [1.165, 1.54) is 12.1 Å². The molecular weight excluding hydrogens is 217 g/mol. The second-order valence-corrected chi connectivity index (χ2v) is 4.42. The highest BCUT2D eigenvalue weighted by Gasteiger charge is 2.17. The fraction of sp³-hybridized carbons (Fsp3) is 0.308. The fourth-order valence-electron chi connectivity index (χ4n) is 2.56. The number of hydrazine groups is 1. The van der Waals surface area contributed by atoms with E-state index in [-0.39, 0.29) is 5.82 Å². The molecule has 1 aliphatic carbocycles. The maximum absolute atomic E-state index is 13.3. The molecule has 1 aliphatic rings. The fourth-order valence-corrected chi connectivity index (χ4v) is 2.56. The predicted molar refractivity (Wildman–Crippen MR) is 66.2 cm³/mol. The number of hydrogen-bond acceptors (Lipinski definition) is 3. The molecular formula is C13H14FN3. The van der Waals surface area contributed by atoms with Crippen LogP contribution in [0.5, 0.6) is 0 Å². The van der Waals surface area contributed by atoms with Crippen LogP contribution in [0, 0.1) is 5.82 Å². The summed E-state index contributed by atoms with van der Waals surface area (Å²) in [6, 6.07) is 4.64. The molecule has 17 heavy (non-hydrogen) atoms. The van der Waals surface area contributed by atoms with Crippen LogP contribution in [0.4, 0.5) is 10.1 Å². The minimum absolute atomic E-state index is 0.258. The lowest BCUT2D eigenvalue weighted by Gasteiger charge is -2.20. The van der Waals surface area contributed by atoms with Gasteiger partial charge in [-0.25, -0.2) is 4.39 Å². The van der Waals surface area contributed by atoms with Crippen LogP contribution in [0.2, 0.25) is 0 Å². The molecule has 3 nitrogen and oxygen atoms in total. The monoisotopic (exact) mass is 231 g/mol. The maximum Gasteiger partial charge on any atom is 0.124 e. The Hall–Kier alpha value is -1.68. The quantitative estimate of drug-likeness (QED) is 0.585. The van der Waals surface area contributed by atoms with Gasteiger partial charge >= 0.3 is 0 Å². The van der Waals surface area contributed by atoms with Gasteiger partial charge in [0, 0.05) is 11.1 Å². The summed E-state index contributed by atoms with van der Waals surface area (Å²) < 4.78 is 13.3. The summed E-state index contributed by atoms with van der Waals surface area (Å²) in [5.74, 6) is 5.33. The summed E-state index contributed by atoms with van der Waals surface area (Å²) in [5.41, 5.74) is 6.61. The lowest BCUT2D eigenvalue weighted by atomic mass is 9.93. The molecule has 0 spiro atoms. The number of nitrogens with two attached hydrogens (primary N) is 1. The van der Waals surface area contributed by atoms with Crippen LogP contribution in [0.15, 0.2) is 18.2 Å². The van der Waals surface area contributed by atoms with Gasteiger partial charge < -0.3 is 5.43 Å². The first-order valence-corrected chi connectivity index (χ1v) is 5.87. The van der Waals surface area contributed by atoms with Crippen LogP contribution in [0.25, 0.3) is 10.9 Å². The summed E-state index contributed by atoms with van der Waals surface area (Å²) in [4.78, 5) is 4.60. The molecule has 88 valence electrons. The topological polar surface area (TPSA) is 50.9 Å². The highest BCUT2D eigenvalue weighted by molar-refractivity contribution is 5.93. The van der Waals surface area contributed by atoms with Crippen molar-refractivity contribution in [3.63, 3.8) is 0 Å². The summed E-state index contributed by atoms with van der Waals surface area (Å²) >= 11 is 0. The lowest BCUT2D eigenvalue weighted by molar-refractivity contribution is 0.629. The first-order chi connectivity index (χ1) is 8.29. The number of nitrogens with one attached hydrogen (secondary N) is 1. The summed E-state index contributed by atoms with van der Waals surface area (Å²) in [7, 11) is 0. The average molecular weight is 231 g/mol. The lowest BCUT2D eigenvalue weighted by Crippen LogP contribution is -2.15. The van der Waals surface area contributed by atoms with Crippen LogP contribution < -0.4 is 11.3 Å². The van der Waals surface area contributed by atoms with Crippen molar-refractivity contribution < 1.29 is 4.39 Å². The van der Waals surface area contributed by atoms with Crippen molar-refractivity contribution in [3.8, 4) is 0 Å². The number of fused-ring (bicyclic) bond motifs is 2. The molecule has 1 aromatic heterocycles. The Kier molecular flexibility index (Phi) is 2.44. The van der Waals surface area contributed by atoms with Crippen molar-refractivity contribution >= 4 is 16.6 Å². The number of aryl methyl sites for hydroxylation is 1. The van der Waals surface area contributed by atoms with E-state index in [1.807, 2.05) is 0 Å². The van der Waals surface area contributed by atoms with Gasteiger partial charge in [0.05, 0.1) is 11.2 Å².